The van der Waals surface area contributed by atoms with Crippen LogP contribution in [0.2, 0.25) is 0 Å². The molecule has 2 aromatic rings. The van der Waals surface area contributed by atoms with Gasteiger partial charge in [-0.15, -0.1) is 0 Å². The van der Waals surface area contributed by atoms with Gasteiger partial charge in [-0.25, -0.2) is 0 Å². The molecule has 0 unspecified atom stereocenters. The third kappa shape index (κ3) is 4.89. The quantitative estimate of drug-likeness (QED) is 0.686. The molecule has 0 saturated carbocycles. The van der Waals surface area contributed by atoms with Gasteiger partial charge in [-0.2, -0.15) is 8.78 Å². The number of anilines is 1. The van der Waals surface area contributed by atoms with Crippen LogP contribution in [0, 0.1) is 0 Å². The summed E-state index contributed by atoms with van der Waals surface area (Å²) in [6.07, 6.45) is 0. The number of nitrogens with one attached hydrogen (secondary N) is 1. The molecule has 0 heterocycles. The van der Waals surface area contributed by atoms with Gasteiger partial charge >= 0.3 is 0 Å². The molecule has 0 saturated heterocycles. The van der Waals surface area contributed by atoms with Crippen LogP contribution in [0.15, 0.2) is 51.8 Å². The summed E-state index contributed by atoms with van der Waals surface area (Å²) in [5.41, 5.74) is 1.98. The highest BCUT2D eigenvalue weighted by Gasteiger charge is 2.05. The fourth-order valence-corrected chi connectivity index (χ4v) is 2.87. The molecular weight excluding hydrogens is 360 g/mol. The Balaban J connectivity index is 1.95. The molecule has 21 heavy (non-hydrogen) atoms. The van der Waals surface area contributed by atoms with Gasteiger partial charge in [0, 0.05) is 17.1 Å². The van der Waals surface area contributed by atoms with E-state index in [-0.39, 0.29) is 0 Å². The highest BCUT2D eigenvalue weighted by atomic mass is 79.9. The van der Waals surface area contributed by atoms with Crippen molar-refractivity contribution in [3.05, 3.63) is 52.5 Å². The molecule has 0 fully saturated rings. The number of alkyl halides is 2. The number of hydrogen-bond acceptors (Lipinski definition) is 3. The number of methoxy groups -OCH3 is 1. The standard InChI is InChI=1S/C15H14BrF2NOS/c1-20-14-7-2-10(8-13(14)16)9-19-11-3-5-12(6-4-11)21-15(17)18/h2-8,15,19H,9H2,1H3. The average Bonchev–Trinajstić information content (AvgIpc) is 2.46. The Morgan fingerprint density at radius 1 is 1.19 bits per heavy atom. The fourth-order valence-electron chi connectivity index (χ4n) is 1.78. The minimum absolute atomic E-state index is 0.546. The molecule has 0 bridgehead atoms. The van der Waals surface area contributed by atoms with Crippen molar-refractivity contribution in [1.29, 1.82) is 0 Å². The predicted octanol–water partition coefficient (Wildman–Crippen LogP) is 5.38. The van der Waals surface area contributed by atoms with E-state index in [1.807, 2.05) is 18.2 Å². The van der Waals surface area contributed by atoms with E-state index < -0.39 is 5.76 Å². The van der Waals surface area contributed by atoms with Gasteiger partial charge in [-0.05, 0) is 57.9 Å². The van der Waals surface area contributed by atoms with E-state index in [2.05, 4.69) is 21.2 Å². The molecule has 112 valence electrons. The van der Waals surface area contributed by atoms with E-state index in [0.29, 0.717) is 23.2 Å². The molecule has 0 atom stereocenters. The van der Waals surface area contributed by atoms with Crippen molar-refractivity contribution in [1.82, 2.24) is 0 Å². The number of thioether (sulfide) groups is 1. The predicted molar refractivity (Wildman–Crippen MR) is 86.3 cm³/mol. The van der Waals surface area contributed by atoms with Crippen molar-refractivity contribution in [2.75, 3.05) is 12.4 Å². The molecule has 0 aliphatic carbocycles. The first-order chi connectivity index (χ1) is 10.1. The SMILES string of the molecule is COc1ccc(CNc2ccc(SC(F)F)cc2)cc1Br. The van der Waals surface area contributed by atoms with Crippen LogP contribution in [0.25, 0.3) is 0 Å². The molecule has 0 spiro atoms. The second-order valence-electron chi connectivity index (χ2n) is 4.23. The molecule has 2 rings (SSSR count). The maximum atomic E-state index is 12.2. The minimum Gasteiger partial charge on any atom is -0.496 e. The molecule has 1 N–H and O–H groups in total. The molecule has 0 aliphatic heterocycles. The normalized spacial score (nSPS) is 10.7. The summed E-state index contributed by atoms with van der Waals surface area (Å²) < 4.78 is 30.5. The smallest absolute Gasteiger partial charge is 0.288 e. The maximum absolute atomic E-state index is 12.2. The number of ether oxygens (including phenoxy) is 1. The maximum Gasteiger partial charge on any atom is 0.288 e. The van der Waals surface area contributed by atoms with Gasteiger partial charge in [0.2, 0.25) is 0 Å². The van der Waals surface area contributed by atoms with Crippen LogP contribution < -0.4 is 10.1 Å². The van der Waals surface area contributed by atoms with Crippen molar-refractivity contribution in [3.8, 4) is 5.75 Å². The molecule has 0 aromatic heterocycles. The molecule has 0 amide bonds. The van der Waals surface area contributed by atoms with Gasteiger partial charge in [0.15, 0.2) is 0 Å². The summed E-state index contributed by atoms with van der Waals surface area (Å²) in [7, 11) is 1.62. The zero-order valence-electron chi connectivity index (χ0n) is 11.3. The first kappa shape index (κ1) is 16.1. The van der Waals surface area contributed by atoms with E-state index >= 15 is 0 Å². The van der Waals surface area contributed by atoms with Crippen LogP contribution in [-0.4, -0.2) is 12.9 Å². The Bertz CT molecular complexity index is 593. The number of rotatable bonds is 6. The van der Waals surface area contributed by atoms with Crippen LogP contribution in [-0.2, 0) is 6.54 Å². The molecule has 2 nitrogen and oxygen atoms in total. The summed E-state index contributed by atoms with van der Waals surface area (Å²) >= 11 is 3.99. The first-order valence-corrected chi connectivity index (χ1v) is 7.87. The lowest BCUT2D eigenvalue weighted by atomic mass is 10.2. The molecule has 6 heteroatoms. The summed E-state index contributed by atoms with van der Waals surface area (Å²) in [6.45, 7) is 0.643. The average molecular weight is 374 g/mol. The number of halogens is 3. The van der Waals surface area contributed by atoms with Crippen LogP contribution >= 0.6 is 27.7 Å². The van der Waals surface area contributed by atoms with Crippen LogP contribution in [0.3, 0.4) is 0 Å². The molecule has 0 aliphatic rings. The monoisotopic (exact) mass is 373 g/mol. The first-order valence-electron chi connectivity index (χ1n) is 6.19. The number of benzene rings is 2. The third-order valence-corrected chi connectivity index (χ3v) is 4.13. The van der Waals surface area contributed by atoms with Crippen LogP contribution in [0.1, 0.15) is 5.56 Å². The van der Waals surface area contributed by atoms with Gasteiger partial charge < -0.3 is 10.1 Å². The third-order valence-electron chi connectivity index (χ3n) is 2.79. The van der Waals surface area contributed by atoms with Crippen molar-refractivity contribution in [2.45, 2.75) is 17.2 Å². The zero-order valence-corrected chi connectivity index (χ0v) is 13.7. The largest absolute Gasteiger partial charge is 0.496 e. The van der Waals surface area contributed by atoms with Crippen molar-refractivity contribution >= 4 is 33.4 Å². The van der Waals surface area contributed by atoms with E-state index in [9.17, 15) is 8.78 Å². The van der Waals surface area contributed by atoms with Gasteiger partial charge in [0.1, 0.15) is 5.75 Å². The lowest BCUT2D eigenvalue weighted by Gasteiger charge is -2.09. The van der Waals surface area contributed by atoms with Gasteiger partial charge in [-0.3, -0.25) is 0 Å². The Kier molecular flexibility index (Phi) is 5.87. The van der Waals surface area contributed by atoms with E-state index in [1.54, 1.807) is 31.4 Å². The van der Waals surface area contributed by atoms with Crippen LogP contribution in [0.5, 0.6) is 5.75 Å². The van der Waals surface area contributed by atoms with Crippen LogP contribution in [0.4, 0.5) is 14.5 Å². The fraction of sp³-hybridized carbons (Fsp3) is 0.200. The van der Waals surface area contributed by atoms with Gasteiger partial charge in [-0.1, -0.05) is 17.8 Å². The summed E-state index contributed by atoms with van der Waals surface area (Å²) in [5.74, 6) is -1.60. The second kappa shape index (κ2) is 7.66. The van der Waals surface area contributed by atoms with Gasteiger partial charge in [0.25, 0.3) is 5.76 Å². The zero-order chi connectivity index (χ0) is 15.2. The van der Waals surface area contributed by atoms with Crippen molar-refractivity contribution in [3.63, 3.8) is 0 Å². The van der Waals surface area contributed by atoms with Gasteiger partial charge in [0.05, 0.1) is 11.6 Å². The van der Waals surface area contributed by atoms with E-state index in [0.717, 1.165) is 21.5 Å². The highest BCUT2D eigenvalue weighted by Crippen LogP contribution is 2.27. The van der Waals surface area contributed by atoms with E-state index in [1.165, 1.54) is 0 Å². The highest BCUT2D eigenvalue weighted by molar-refractivity contribution is 9.10. The summed E-state index contributed by atoms with van der Waals surface area (Å²) in [4.78, 5) is 0.558. The Hall–Kier alpha value is -1.27. The molecule has 0 radical (unpaired) electrons. The number of hydrogen-bond donors (Lipinski definition) is 1. The van der Waals surface area contributed by atoms with Crippen molar-refractivity contribution < 1.29 is 13.5 Å². The summed E-state index contributed by atoms with van der Waals surface area (Å²) in [6, 6.07) is 12.8. The van der Waals surface area contributed by atoms with Crippen molar-refractivity contribution in [2.24, 2.45) is 0 Å². The van der Waals surface area contributed by atoms with E-state index in [4.69, 9.17) is 4.74 Å². The molecular formula is C15H14BrF2NOS. The Morgan fingerprint density at radius 3 is 2.48 bits per heavy atom. The lowest BCUT2D eigenvalue weighted by molar-refractivity contribution is 0.252. The minimum atomic E-state index is -2.39. The Morgan fingerprint density at radius 2 is 1.90 bits per heavy atom. The Labute approximate surface area is 135 Å². The lowest BCUT2D eigenvalue weighted by Crippen LogP contribution is -1.99. The topological polar surface area (TPSA) is 21.3 Å². The molecule has 2 aromatic carbocycles. The second-order valence-corrected chi connectivity index (χ2v) is 6.14. The summed E-state index contributed by atoms with van der Waals surface area (Å²) in [5, 5.41) is 3.25.